The minimum absolute atomic E-state index is 0.0451. The molecule has 2 rings (SSSR count). The van der Waals surface area contributed by atoms with Gasteiger partial charge in [0.15, 0.2) is 0 Å². The molecular weight excluding hydrogens is 254 g/mol. The predicted molar refractivity (Wildman–Crippen MR) is 65.1 cm³/mol. The molecule has 2 aromatic rings. The molecule has 0 aliphatic carbocycles. The van der Waals surface area contributed by atoms with Crippen LogP contribution in [-0.4, -0.2) is 20.9 Å². The largest absolute Gasteiger partial charge is 0.454 e. The van der Waals surface area contributed by atoms with Crippen LogP contribution in [0.25, 0.3) is 0 Å². The van der Waals surface area contributed by atoms with Gasteiger partial charge in [-0.2, -0.15) is 0 Å². The van der Waals surface area contributed by atoms with Gasteiger partial charge in [-0.15, -0.1) is 0 Å². The molecule has 0 saturated heterocycles. The normalized spacial score (nSPS) is 10.1. The van der Waals surface area contributed by atoms with Gasteiger partial charge < -0.3 is 4.74 Å². The molecule has 0 bridgehead atoms. The summed E-state index contributed by atoms with van der Waals surface area (Å²) in [5.41, 5.74) is 1.66. The van der Waals surface area contributed by atoms with Crippen molar-refractivity contribution < 1.29 is 9.53 Å². The lowest BCUT2D eigenvalue weighted by atomic mass is 10.3. The van der Waals surface area contributed by atoms with E-state index in [4.69, 9.17) is 16.3 Å². The van der Waals surface area contributed by atoms with Crippen molar-refractivity contribution in [3.05, 3.63) is 52.8 Å². The van der Waals surface area contributed by atoms with Gasteiger partial charge in [0.2, 0.25) is 5.28 Å². The van der Waals surface area contributed by atoms with E-state index in [1.807, 2.05) is 6.92 Å². The first-order valence-corrected chi connectivity index (χ1v) is 5.61. The number of halogens is 1. The molecule has 0 aliphatic rings. The van der Waals surface area contributed by atoms with Gasteiger partial charge in [0.1, 0.15) is 12.3 Å². The van der Waals surface area contributed by atoms with Crippen LogP contribution in [0.4, 0.5) is 0 Å². The topological polar surface area (TPSA) is 65.0 Å². The summed E-state index contributed by atoms with van der Waals surface area (Å²) in [5, 5.41) is 0.129. The van der Waals surface area contributed by atoms with Crippen molar-refractivity contribution in [2.75, 3.05) is 0 Å². The molecule has 0 radical (unpaired) electrons. The van der Waals surface area contributed by atoms with E-state index in [0.717, 1.165) is 5.56 Å². The Morgan fingerprint density at radius 2 is 2.22 bits per heavy atom. The third-order valence-electron chi connectivity index (χ3n) is 2.26. The Bertz CT molecular complexity index is 561. The lowest BCUT2D eigenvalue weighted by Gasteiger charge is -2.06. The summed E-state index contributed by atoms with van der Waals surface area (Å²) in [7, 11) is 0. The number of ether oxygens (including phenoxy) is 1. The second kappa shape index (κ2) is 5.55. The lowest BCUT2D eigenvalue weighted by molar-refractivity contribution is 0.0460. The van der Waals surface area contributed by atoms with Crippen molar-refractivity contribution in [1.82, 2.24) is 15.0 Å². The Kier molecular flexibility index (Phi) is 3.84. The van der Waals surface area contributed by atoms with Gasteiger partial charge in [-0.05, 0) is 36.2 Å². The van der Waals surface area contributed by atoms with Gasteiger partial charge in [0.05, 0.1) is 5.69 Å². The smallest absolute Gasteiger partial charge is 0.357 e. The second-order valence-corrected chi connectivity index (χ2v) is 3.90. The molecule has 0 spiro atoms. The highest BCUT2D eigenvalue weighted by Gasteiger charge is 2.10. The zero-order valence-corrected chi connectivity index (χ0v) is 10.4. The maximum absolute atomic E-state index is 11.7. The average Bonchev–Trinajstić information content (AvgIpc) is 2.40. The maximum atomic E-state index is 11.7. The highest BCUT2D eigenvalue weighted by Crippen LogP contribution is 2.09. The molecule has 0 aromatic carbocycles. The lowest BCUT2D eigenvalue weighted by Crippen LogP contribution is -2.09. The molecular formula is C12H10ClN3O2. The minimum atomic E-state index is -0.496. The van der Waals surface area contributed by atoms with Crippen LogP contribution in [-0.2, 0) is 11.3 Å². The summed E-state index contributed by atoms with van der Waals surface area (Å²) in [4.78, 5) is 23.4. The van der Waals surface area contributed by atoms with E-state index in [1.165, 1.54) is 6.20 Å². The average molecular weight is 264 g/mol. The third kappa shape index (κ3) is 3.01. The summed E-state index contributed by atoms with van der Waals surface area (Å²) in [6, 6.07) is 5.03. The molecule has 92 valence electrons. The van der Waals surface area contributed by atoms with Crippen LogP contribution < -0.4 is 0 Å². The summed E-state index contributed by atoms with van der Waals surface area (Å²) >= 11 is 5.67. The fourth-order valence-corrected chi connectivity index (χ4v) is 1.44. The third-order valence-corrected chi connectivity index (χ3v) is 2.44. The van der Waals surface area contributed by atoms with Gasteiger partial charge in [0, 0.05) is 12.4 Å². The Labute approximate surface area is 109 Å². The molecule has 2 aromatic heterocycles. The number of hydrogen-bond acceptors (Lipinski definition) is 5. The molecule has 0 saturated carbocycles. The first-order valence-electron chi connectivity index (χ1n) is 5.23. The van der Waals surface area contributed by atoms with Crippen LogP contribution in [0, 0.1) is 6.92 Å². The Morgan fingerprint density at radius 1 is 1.39 bits per heavy atom. The van der Waals surface area contributed by atoms with Crippen LogP contribution in [0.5, 0.6) is 0 Å². The first-order chi connectivity index (χ1) is 8.66. The summed E-state index contributed by atoms with van der Waals surface area (Å²) in [6.07, 6.45) is 3.11. The Hall–Kier alpha value is -2.01. The zero-order chi connectivity index (χ0) is 13.0. The van der Waals surface area contributed by atoms with Crippen molar-refractivity contribution in [2.24, 2.45) is 0 Å². The highest BCUT2D eigenvalue weighted by molar-refractivity contribution is 6.28. The number of pyridine rings is 1. The van der Waals surface area contributed by atoms with Gasteiger partial charge in [-0.25, -0.2) is 19.7 Å². The van der Waals surface area contributed by atoms with Gasteiger partial charge in [-0.3, -0.25) is 0 Å². The van der Waals surface area contributed by atoms with Crippen molar-refractivity contribution in [1.29, 1.82) is 0 Å². The van der Waals surface area contributed by atoms with E-state index in [9.17, 15) is 4.79 Å². The molecule has 0 N–H and O–H groups in total. The van der Waals surface area contributed by atoms with E-state index in [-0.39, 0.29) is 17.6 Å². The van der Waals surface area contributed by atoms with Crippen LogP contribution in [0.3, 0.4) is 0 Å². The second-order valence-electron chi connectivity index (χ2n) is 3.56. The number of esters is 1. The number of aryl methyl sites for hydroxylation is 1. The van der Waals surface area contributed by atoms with Crippen LogP contribution in [0.15, 0.2) is 30.6 Å². The van der Waals surface area contributed by atoms with Crippen LogP contribution in [0.2, 0.25) is 5.28 Å². The summed E-state index contributed by atoms with van der Waals surface area (Å²) in [6.45, 7) is 1.86. The Morgan fingerprint density at radius 3 is 2.94 bits per heavy atom. The van der Waals surface area contributed by atoms with Crippen molar-refractivity contribution in [3.63, 3.8) is 0 Å². The molecule has 0 fully saturated rings. The standard InChI is InChI=1S/C12H10ClN3O2/c1-8-6-15-12(13)16-10(8)7-18-11(17)9-4-2-3-5-14-9/h2-6H,7H2,1H3. The molecule has 2 heterocycles. The molecule has 0 unspecified atom stereocenters. The van der Waals surface area contributed by atoms with Crippen molar-refractivity contribution in [2.45, 2.75) is 13.5 Å². The van der Waals surface area contributed by atoms with Crippen LogP contribution in [0.1, 0.15) is 21.7 Å². The fourth-order valence-electron chi connectivity index (χ4n) is 1.29. The van der Waals surface area contributed by atoms with E-state index in [1.54, 1.807) is 24.4 Å². The number of carbonyl (C=O) groups is 1. The molecule has 18 heavy (non-hydrogen) atoms. The predicted octanol–water partition coefficient (Wildman–Crippen LogP) is 2.19. The number of hydrogen-bond donors (Lipinski definition) is 0. The molecule has 0 aliphatic heterocycles. The van der Waals surface area contributed by atoms with Crippen LogP contribution >= 0.6 is 11.6 Å². The summed E-state index contributed by atoms with van der Waals surface area (Å²) in [5.74, 6) is -0.496. The monoisotopic (exact) mass is 263 g/mol. The van der Waals surface area contributed by atoms with Crippen molar-refractivity contribution >= 4 is 17.6 Å². The first kappa shape index (κ1) is 12.4. The quantitative estimate of drug-likeness (QED) is 0.627. The highest BCUT2D eigenvalue weighted by atomic mass is 35.5. The number of rotatable bonds is 3. The van der Waals surface area contributed by atoms with Gasteiger partial charge in [-0.1, -0.05) is 6.07 Å². The zero-order valence-electron chi connectivity index (χ0n) is 9.63. The fraction of sp³-hybridized carbons (Fsp3) is 0.167. The van der Waals surface area contributed by atoms with Gasteiger partial charge >= 0.3 is 5.97 Å². The van der Waals surface area contributed by atoms with E-state index >= 15 is 0 Å². The molecule has 0 amide bonds. The number of nitrogens with zero attached hydrogens (tertiary/aromatic N) is 3. The summed E-state index contributed by atoms with van der Waals surface area (Å²) < 4.78 is 5.10. The SMILES string of the molecule is Cc1cnc(Cl)nc1COC(=O)c1ccccn1. The van der Waals surface area contributed by atoms with E-state index in [0.29, 0.717) is 5.69 Å². The maximum Gasteiger partial charge on any atom is 0.357 e. The van der Waals surface area contributed by atoms with E-state index in [2.05, 4.69) is 15.0 Å². The Balaban J connectivity index is 2.04. The molecule has 6 heteroatoms. The number of aromatic nitrogens is 3. The van der Waals surface area contributed by atoms with Gasteiger partial charge in [0.25, 0.3) is 0 Å². The number of carbonyl (C=O) groups excluding carboxylic acids is 1. The molecule has 0 atom stereocenters. The van der Waals surface area contributed by atoms with E-state index < -0.39 is 5.97 Å². The molecule has 5 nitrogen and oxygen atoms in total. The minimum Gasteiger partial charge on any atom is -0.454 e. The van der Waals surface area contributed by atoms with Crippen molar-refractivity contribution in [3.8, 4) is 0 Å².